The summed E-state index contributed by atoms with van der Waals surface area (Å²) < 4.78 is 1.80. The Kier molecular flexibility index (Phi) is 11.6. The van der Waals surface area contributed by atoms with Crippen molar-refractivity contribution in [3.05, 3.63) is 11.9 Å². The highest BCUT2D eigenvalue weighted by Gasteiger charge is 1.87. The molecule has 0 aromatic carbocycles. The highest BCUT2D eigenvalue weighted by molar-refractivity contribution is 4.85. The van der Waals surface area contributed by atoms with Gasteiger partial charge in [-0.05, 0) is 13.8 Å². The lowest BCUT2D eigenvalue weighted by Gasteiger charge is -1.85. The third kappa shape index (κ3) is 5.89. The van der Waals surface area contributed by atoms with Crippen molar-refractivity contribution in [1.29, 1.82) is 0 Å². The van der Waals surface area contributed by atoms with E-state index in [1.165, 1.54) is 0 Å². The van der Waals surface area contributed by atoms with Crippen LogP contribution in [0, 0.1) is 6.92 Å². The van der Waals surface area contributed by atoms with Gasteiger partial charge in [0.05, 0.1) is 5.69 Å². The SMILES string of the molecule is CC.CC.CCn1cc(C)nn1. The molecule has 1 heterocycles. The number of aryl methyl sites for hydroxylation is 2. The summed E-state index contributed by atoms with van der Waals surface area (Å²) in [6, 6.07) is 0. The van der Waals surface area contributed by atoms with Crippen molar-refractivity contribution in [2.45, 2.75) is 48.1 Å². The molecule has 12 heavy (non-hydrogen) atoms. The summed E-state index contributed by atoms with van der Waals surface area (Å²) in [5.41, 5.74) is 0.979. The van der Waals surface area contributed by atoms with E-state index in [0.29, 0.717) is 0 Å². The first-order valence-electron chi connectivity index (χ1n) is 4.69. The molecule has 0 radical (unpaired) electrons. The molecule has 3 nitrogen and oxygen atoms in total. The number of nitrogens with zero attached hydrogens (tertiary/aromatic N) is 3. The molecule has 0 saturated carbocycles. The molecule has 0 fully saturated rings. The van der Waals surface area contributed by atoms with Crippen LogP contribution in [-0.2, 0) is 6.54 Å². The van der Waals surface area contributed by atoms with Gasteiger partial charge >= 0.3 is 0 Å². The topological polar surface area (TPSA) is 30.7 Å². The van der Waals surface area contributed by atoms with Gasteiger partial charge in [-0.2, -0.15) is 0 Å². The van der Waals surface area contributed by atoms with Gasteiger partial charge < -0.3 is 0 Å². The molecule has 0 amide bonds. The van der Waals surface area contributed by atoms with Gasteiger partial charge in [0.15, 0.2) is 0 Å². The van der Waals surface area contributed by atoms with E-state index in [1.54, 1.807) is 4.68 Å². The fourth-order valence-electron chi connectivity index (χ4n) is 0.550. The Balaban J connectivity index is 0. The maximum atomic E-state index is 3.80. The summed E-state index contributed by atoms with van der Waals surface area (Å²) in [6.45, 7) is 12.9. The molecule has 0 aliphatic rings. The van der Waals surface area contributed by atoms with Gasteiger partial charge in [-0.15, -0.1) is 5.10 Å². The van der Waals surface area contributed by atoms with Crippen LogP contribution in [0.15, 0.2) is 6.20 Å². The molecule has 0 atom stereocenters. The maximum Gasteiger partial charge on any atom is 0.0796 e. The lowest BCUT2D eigenvalue weighted by atomic mass is 10.6. The monoisotopic (exact) mass is 171 g/mol. The molecule has 0 bridgehead atoms. The third-order valence-electron chi connectivity index (χ3n) is 0.977. The lowest BCUT2D eigenvalue weighted by molar-refractivity contribution is 0.626. The zero-order valence-electron chi connectivity index (χ0n) is 9.13. The Bertz CT molecular complexity index is 170. The van der Waals surface area contributed by atoms with Crippen LogP contribution >= 0.6 is 0 Å². The normalized spacial score (nSPS) is 7.50. The molecular weight excluding hydrogens is 150 g/mol. The average Bonchev–Trinajstić information content (AvgIpc) is 2.58. The van der Waals surface area contributed by atoms with Crippen molar-refractivity contribution in [3.63, 3.8) is 0 Å². The molecule has 72 valence electrons. The highest BCUT2D eigenvalue weighted by atomic mass is 15.4. The van der Waals surface area contributed by atoms with E-state index in [-0.39, 0.29) is 0 Å². The van der Waals surface area contributed by atoms with E-state index in [4.69, 9.17) is 0 Å². The fourth-order valence-corrected chi connectivity index (χ4v) is 0.550. The number of hydrogen-bond acceptors (Lipinski definition) is 2. The first kappa shape index (κ1) is 13.7. The first-order valence-corrected chi connectivity index (χ1v) is 4.69. The molecule has 0 spiro atoms. The highest BCUT2D eigenvalue weighted by Crippen LogP contribution is 1.86. The molecule has 1 aromatic heterocycles. The van der Waals surface area contributed by atoms with Crippen LogP contribution in [0.1, 0.15) is 40.3 Å². The molecule has 0 aliphatic carbocycles. The van der Waals surface area contributed by atoms with E-state index in [1.807, 2.05) is 47.7 Å². The minimum Gasteiger partial charge on any atom is -0.253 e. The van der Waals surface area contributed by atoms with Crippen LogP contribution in [0.5, 0.6) is 0 Å². The standard InChI is InChI=1S/C5H9N3.2C2H6/c1-3-8-4-5(2)6-7-8;2*1-2/h4H,3H2,1-2H3;2*1-2H3. The second kappa shape index (κ2) is 10.1. The summed E-state index contributed by atoms with van der Waals surface area (Å²) in [7, 11) is 0. The van der Waals surface area contributed by atoms with Crippen LogP contribution in [0.2, 0.25) is 0 Å². The van der Waals surface area contributed by atoms with Gasteiger partial charge in [0.2, 0.25) is 0 Å². The van der Waals surface area contributed by atoms with Crippen LogP contribution in [0.4, 0.5) is 0 Å². The molecule has 0 unspecified atom stereocenters. The van der Waals surface area contributed by atoms with Crippen LogP contribution < -0.4 is 0 Å². The van der Waals surface area contributed by atoms with Crippen LogP contribution in [0.3, 0.4) is 0 Å². The molecule has 1 rings (SSSR count). The van der Waals surface area contributed by atoms with Gasteiger partial charge in [0, 0.05) is 12.7 Å². The Morgan fingerprint density at radius 2 is 1.75 bits per heavy atom. The Hall–Kier alpha value is -0.860. The van der Waals surface area contributed by atoms with E-state index in [0.717, 1.165) is 12.2 Å². The van der Waals surface area contributed by atoms with Gasteiger partial charge in [0.1, 0.15) is 0 Å². The summed E-state index contributed by atoms with van der Waals surface area (Å²) in [5.74, 6) is 0. The van der Waals surface area contributed by atoms with E-state index in [2.05, 4.69) is 10.3 Å². The molecule has 3 heteroatoms. The van der Waals surface area contributed by atoms with E-state index >= 15 is 0 Å². The molecular formula is C9H21N3. The zero-order valence-corrected chi connectivity index (χ0v) is 9.13. The Morgan fingerprint density at radius 3 is 1.92 bits per heavy atom. The lowest BCUT2D eigenvalue weighted by Crippen LogP contribution is -1.93. The van der Waals surface area contributed by atoms with Gasteiger partial charge in [-0.1, -0.05) is 32.9 Å². The predicted molar refractivity (Wildman–Crippen MR) is 53.1 cm³/mol. The minimum absolute atomic E-state index is 0.904. The van der Waals surface area contributed by atoms with Crippen molar-refractivity contribution < 1.29 is 0 Å². The summed E-state index contributed by atoms with van der Waals surface area (Å²) in [4.78, 5) is 0. The maximum absolute atomic E-state index is 3.80. The summed E-state index contributed by atoms with van der Waals surface area (Å²) in [6.07, 6.45) is 1.92. The zero-order chi connectivity index (χ0) is 9.98. The Morgan fingerprint density at radius 1 is 1.25 bits per heavy atom. The molecule has 1 aromatic rings. The van der Waals surface area contributed by atoms with Crippen LogP contribution in [-0.4, -0.2) is 15.0 Å². The molecule has 0 aliphatic heterocycles. The van der Waals surface area contributed by atoms with Crippen molar-refractivity contribution in [3.8, 4) is 0 Å². The minimum atomic E-state index is 0.904. The average molecular weight is 171 g/mol. The van der Waals surface area contributed by atoms with E-state index in [9.17, 15) is 0 Å². The third-order valence-corrected chi connectivity index (χ3v) is 0.977. The number of hydrogen-bond donors (Lipinski definition) is 0. The fraction of sp³-hybridized carbons (Fsp3) is 0.778. The number of aromatic nitrogens is 3. The molecule has 0 N–H and O–H groups in total. The van der Waals surface area contributed by atoms with Crippen molar-refractivity contribution in [2.75, 3.05) is 0 Å². The van der Waals surface area contributed by atoms with Crippen molar-refractivity contribution >= 4 is 0 Å². The van der Waals surface area contributed by atoms with Crippen molar-refractivity contribution in [1.82, 2.24) is 15.0 Å². The van der Waals surface area contributed by atoms with Crippen molar-refractivity contribution in [2.24, 2.45) is 0 Å². The Labute approximate surface area is 75.8 Å². The van der Waals surface area contributed by atoms with Crippen LogP contribution in [0.25, 0.3) is 0 Å². The predicted octanol–water partition coefficient (Wildman–Crippen LogP) is 2.66. The summed E-state index contributed by atoms with van der Waals surface area (Å²) in [5, 5.41) is 7.60. The molecule has 0 saturated heterocycles. The second-order valence-corrected chi connectivity index (χ2v) is 1.72. The first-order chi connectivity index (χ1) is 5.83. The largest absolute Gasteiger partial charge is 0.253 e. The van der Waals surface area contributed by atoms with Gasteiger partial charge in [-0.3, -0.25) is 4.68 Å². The smallest absolute Gasteiger partial charge is 0.0796 e. The quantitative estimate of drug-likeness (QED) is 0.650. The van der Waals surface area contributed by atoms with Gasteiger partial charge in [-0.25, -0.2) is 0 Å². The second-order valence-electron chi connectivity index (χ2n) is 1.72. The number of rotatable bonds is 1. The summed E-state index contributed by atoms with van der Waals surface area (Å²) >= 11 is 0. The van der Waals surface area contributed by atoms with E-state index < -0.39 is 0 Å². The van der Waals surface area contributed by atoms with Gasteiger partial charge in [0.25, 0.3) is 0 Å².